The highest BCUT2D eigenvalue weighted by Gasteiger charge is 2.34. The number of pyridine rings is 1. The molecule has 3 rings (SSSR count). The van der Waals surface area contributed by atoms with E-state index in [-0.39, 0.29) is 34.4 Å². The molecule has 29 heavy (non-hydrogen) atoms. The molecule has 3 aromatic rings. The van der Waals surface area contributed by atoms with Crippen LogP contribution in [0.1, 0.15) is 40.8 Å². The molecule has 0 bridgehead atoms. The fourth-order valence-electron chi connectivity index (χ4n) is 2.52. The van der Waals surface area contributed by atoms with Crippen molar-refractivity contribution in [3.05, 3.63) is 46.7 Å². The summed E-state index contributed by atoms with van der Waals surface area (Å²) in [6, 6.07) is 4.18. The first-order chi connectivity index (χ1) is 13.6. The van der Waals surface area contributed by atoms with Crippen molar-refractivity contribution in [3.63, 3.8) is 0 Å². The van der Waals surface area contributed by atoms with Crippen molar-refractivity contribution in [1.82, 2.24) is 20.3 Å². The van der Waals surface area contributed by atoms with Crippen molar-refractivity contribution in [2.45, 2.75) is 32.2 Å². The van der Waals surface area contributed by atoms with E-state index in [4.69, 9.17) is 0 Å². The van der Waals surface area contributed by atoms with Gasteiger partial charge in [0.25, 0.3) is 5.91 Å². The lowest BCUT2D eigenvalue weighted by atomic mass is 10.1. The third kappa shape index (κ3) is 4.98. The van der Waals surface area contributed by atoms with E-state index in [0.29, 0.717) is 11.3 Å². The van der Waals surface area contributed by atoms with Gasteiger partial charge in [0.1, 0.15) is 4.88 Å². The van der Waals surface area contributed by atoms with Gasteiger partial charge in [0.05, 0.1) is 22.4 Å². The Morgan fingerprint density at radius 1 is 1.31 bits per heavy atom. The SMILES string of the molecule is CC(O)CNC(=O)c1nc(N[C@@H](C)c2cccnc2)nc2cc(C(F)(F)F)sc12. The number of aromatic nitrogens is 3. The summed E-state index contributed by atoms with van der Waals surface area (Å²) in [4.78, 5) is 24.0. The lowest BCUT2D eigenvalue weighted by molar-refractivity contribution is -0.134. The summed E-state index contributed by atoms with van der Waals surface area (Å²) < 4.78 is 39.5. The van der Waals surface area contributed by atoms with Gasteiger partial charge in [-0.1, -0.05) is 6.07 Å². The molecule has 11 heteroatoms. The second kappa shape index (κ2) is 8.29. The third-order valence-corrected chi connectivity index (χ3v) is 5.13. The van der Waals surface area contributed by atoms with Crippen LogP contribution in [0, 0.1) is 0 Å². The van der Waals surface area contributed by atoms with E-state index < -0.39 is 23.1 Å². The van der Waals surface area contributed by atoms with Crippen molar-refractivity contribution >= 4 is 33.4 Å². The summed E-state index contributed by atoms with van der Waals surface area (Å²) in [6.07, 6.45) is -2.12. The quantitative estimate of drug-likeness (QED) is 0.560. The van der Waals surface area contributed by atoms with E-state index in [2.05, 4.69) is 25.6 Å². The Morgan fingerprint density at radius 2 is 2.07 bits per heavy atom. The molecule has 3 aromatic heterocycles. The van der Waals surface area contributed by atoms with Crippen molar-refractivity contribution < 1.29 is 23.1 Å². The third-order valence-electron chi connectivity index (χ3n) is 3.95. The average Bonchev–Trinajstić information content (AvgIpc) is 3.10. The maximum atomic E-state index is 13.2. The number of halogens is 3. The number of amides is 1. The van der Waals surface area contributed by atoms with E-state index >= 15 is 0 Å². The molecule has 3 N–H and O–H groups in total. The number of thiophene rings is 1. The zero-order valence-electron chi connectivity index (χ0n) is 15.5. The minimum absolute atomic E-state index is 0.0143. The van der Waals surface area contributed by atoms with Gasteiger partial charge < -0.3 is 15.7 Å². The highest BCUT2D eigenvalue weighted by Crippen LogP contribution is 2.38. The number of aliphatic hydroxyl groups excluding tert-OH is 1. The topological polar surface area (TPSA) is 100 Å². The number of carbonyl (C=O) groups is 1. The Kier molecular flexibility index (Phi) is 5.99. The molecule has 154 valence electrons. The van der Waals surface area contributed by atoms with E-state index in [1.165, 1.54) is 6.92 Å². The Morgan fingerprint density at radius 3 is 2.69 bits per heavy atom. The molecule has 3 heterocycles. The Hall–Kier alpha value is -2.79. The first-order valence-corrected chi connectivity index (χ1v) is 9.48. The number of nitrogens with zero attached hydrogens (tertiary/aromatic N) is 3. The van der Waals surface area contributed by atoms with Crippen LogP contribution in [-0.4, -0.2) is 38.6 Å². The van der Waals surface area contributed by atoms with Gasteiger partial charge in [-0.3, -0.25) is 9.78 Å². The molecule has 0 aliphatic rings. The van der Waals surface area contributed by atoms with Crippen molar-refractivity contribution in [1.29, 1.82) is 0 Å². The standard InChI is InChI=1S/C18H18F3N5O2S/c1-9(27)7-23-16(28)14-15-12(6-13(29-15)18(19,20)21)25-17(26-14)24-10(2)11-4-3-5-22-8-11/h3-6,8-10,27H,7H2,1-2H3,(H,23,28)(H,24,25,26)/t9?,10-/m0/s1. The van der Waals surface area contributed by atoms with Crippen LogP contribution < -0.4 is 10.6 Å². The smallest absolute Gasteiger partial charge is 0.392 e. The van der Waals surface area contributed by atoms with Gasteiger partial charge in [-0.2, -0.15) is 13.2 Å². The van der Waals surface area contributed by atoms with Crippen LogP contribution >= 0.6 is 11.3 Å². The summed E-state index contributed by atoms with van der Waals surface area (Å²) in [5, 5.41) is 14.8. The summed E-state index contributed by atoms with van der Waals surface area (Å²) in [5.41, 5.74) is 0.648. The number of anilines is 1. The van der Waals surface area contributed by atoms with Gasteiger partial charge in [0.2, 0.25) is 5.95 Å². The van der Waals surface area contributed by atoms with Gasteiger partial charge >= 0.3 is 6.18 Å². The molecule has 0 aliphatic heterocycles. The number of fused-ring (bicyclic) bond motifs is 1. The Bertz CT molecular complexity index is 1010. The lowest BCUT2D eigenvalue weighted by Crippen LogP contribution is -2.31. The second-order valence-electron chi connectivity index (χ2n) is 6.43. The minimum Gasteiger partial charge on any atom is -0.392 e. The summed E-state index contributed by atoms with van der Waals surface area (Å²) in [5.74, 6) is -0.673. The monoisotopic (exact) mass is 425 g/mol. The van der Waals surface area contributed by atoms with Gasteiger partial charge in [-0.25, -0.2) is 9.97 Å². The number of carbonyl (C=O) groups excluding carboxylic acids is 1. The highest BCUT2D eigenvalue weighted by molar-refractivity contribution is 7.19. The van der Waals surface area contributed by atoms with Crippen molar-refractivity contribution in [2.24, 2.45) is 0 Å². The van der Waals surface area contributed by atoms with Crippen LogP contribution in [0.25, 0.3) is 10.2 Å². The van der Waals surface area contributed by atoms with Gasteiger partial charge in [0, 0.05) is 18.9 Å². The first-order valence-electron chi connectivity index (χ1n) is 8.66. The Balaban J connectivity index is 2.01. The zero-order valence-corrected chi connectivity index (χ0v) is 16.3. The van der Waals surface area contributed by atoms with Crippen molar-refractivity contribution in [2.75, 3.05) is 11.9 Å². The second-order valence-corrected chi connectivity index (χ2v) is 7.48. The molecule has 0 fully saturated rings. The van der Waals surface area contributed by atoms with Gasteiger partial charge in [-0.05, 0) is 31.5 Å². The van der Waals surface area contributed by atoms with Crippen LogP contribution in [0.15, 0.2) is 30.6 Å². The van der Waals surface area contributed by atoms with E-state index in [9.17, 15) is 23.1 Å². The molecule has 1 amide bonds. The van der Waals surface area contributed by atoms with Gasteiger partial charge in [0.15, 0.2) is 5.69 Å². The van der Waals surface area contributed by atoms with Crippen LogP contribution in [0.3, 0.4) is 0 Å². The van der Waals surface area contributed by atoms with Crippen molar-refractivity contribution in [3.8, 4) is 0 Å². The van der Waals surface area contributed by atoms with Crippen LogP contribution in [0.2, 0.25) is 0 Å². The molecule has 2 atom stereocenters. The Labute approximate surface area is 168 Å². The molecule has 0 radical (unpaired) electrons. The number of rotatable bonds is 6. The largest absolute Gasteiger partial charge is 0.425 e. The van der Waals surface area contributed by atoms with Crippen LogP contribution in [0.4, 0.5) is 19.1 Å². The fourth-order valence-corrected chi connectivity index (χ4v) is 3.47. The maximum absolute atomic E-state index is 13.2. The number of hydrogen-bond donors (Lipinski definition) is 3. The van der Waals surface area contributed by atoms with Crippen LogP contribution in [0.5, 0.6) is 0 Å². The first kappa shape index (κ1) is 20.9. The molecule has 0 spiro atoms. The lowest BCUT2D eigenvalue weighted by Gasteiger charge is -2.15. The number of hydrogen-bond acceptors (Lipinski definition) is 7. The van der Waals surface area contributed by atoms with E-state index in [1.54, 1.807) is 18.5 Å². The fraction of sp³-hybridized carbons (Fsp3) is 0.333. The molecular formula is C18H18F3N5O2S. The molecule has 1 unspecified atom stereocenters. The summed E-state index contributed by atoms with van der Waals surface area (Å²) in [6.45, 7) is 3.23. The molecule has 0 aliphatic carbocycles. The van der Waals surface area contributed by atoms with E-state index in [0.717, 1.165) is 11.6 Å². The normalized spacial score (nSPS) is 13.9. The van der Waals surface area contributed by atoms with Crippen LogP contribution in [-0.2, 0) is 6.18 Å². The van der Waals surface area contributed by atoms with Gasteiger partial charge in [-0.15, -0.1) is 11.3 Å². The van der Waals surface area contributed by atoms with E-state index in [1.807, 2.05) is 13.0 Å². The molecular weight excluding hydrogens is 407 g/mol. The predicted octanol–water partition coefficient (Wildman–Crippen LogP) is 3.39. The highest BCUT2D eigenvalue weighted by atomic mass is 32.1. The zero-order chi connectivity index (χ0) is 21.2. The predicted molar refractivity (Wildman–Crippen MR) is 103 cm³/mol. The molecule has 0 saturated heterocycles. The number of nitrogens with one attached hydrogen (secondary N) is 2. The molecule has 7 nitrogen and oxygen atoms in total. The summed E-state index contributed by atoms with van der Waals surface area (Å²) in [7, 11) is 0. The maximum Gasteiger partial charge on any atom is 0.425 e. The summed E-state index contributed by atoms with van der Waals surface area (Å²) >= 11 is 0.406. The number of aliphatic hydroxyl groups is 1. The number of alkyl halides is 3. The molecule has 0 saturated carbocycles. The average molecular weight is 425 g/mol. The molecule has 0 aromatic carbocycles. The minimum atomic E-state index is -4.56.